The summed E-state index contributed by atoms with van der Waals surface area (Å²) < 4.78 is 19.5. The molecule has 0 saturated heterocycles. The van der Waals surface area contributed by atoms with Crippen LogP contribution in [0.5, 0.6) is 0 Å². The number of rotatable bonds is 5. The second-order valence-electron chi connectivity index (χ2n) is 2.60. The lowest BCUT2D eigenvalue weighted by atomic mass is 10.4. The second kappa shape index (κ2) is 9.49. The zero-order valence-corrected chi connectivity index (χ0v) is 11.4. The Labute approximate surface area is 97.3 Å². The first kappa shape index (κ1) is 17.7. The van der Waals surface area contributed by atoms with Gasteiger partial charge in [0, 0.05) is 33.5 Å². The number of hydrogen-bond donors (Lipinski definition) is 1. The maximum Gasteiger partial charge on any atom is 0.751 e. The van der Waals surface area contributed by atoms with Crippen molar-refractivity contribution in [2.45, 2.75) is 13.8 Å². The van der Waals surface area contributed by atoms with E-state index in [1.807, 2.05) is 0 Å². The minimum Gasteiger partial charge on any atom is -0.448 e. The molecule has 0 aromatic carbocycles. The minimum atomic E-state index is -3.25. The monoisotopic (exact) mass is 252 g/mol. The molecule has 0 spiro atoms. The third-order valence-corrected chi connectivity index (χ3v) is 3.25. The number of hydrogen-bond acceptors (Lipinski definition) is 6. The quantitative estimate of drug-likeness (QED) is 0.566. The maximum atomic E-state index is 11.1. The van der Waals surface area contributed by atoms with Crippen LogP contribution < -0.4 is 0 Å². The molecular formula is C9H20O6Si. The van der Waals surface area contributed by atoms with E-state index in [0.29, 0.717) is 0 Å². The van der Waals surface area contributed by atoms with Gasteiger partial charge in [-0.2, -0.15) is 0 Å². The molecule has 0 bridgehead atoms. The zero-order chi connectivity index (χ0) is 13.2. The largest absolute Gasteiger partial charge is 0.751 e. The van der Waals surface area contributed by atoms with Crippen LogP contribution in [-0.4, -0.2) is 48.1 Å². The first-order valence-electron chi connectivity index (χ1n) is 4.58. The van der Waals surface area contributed by atoms with Gasteiger partial charge in [0.25, 0.3) is 0 Å². The lowest BCUT2D eigenvalue weighted by molar-refractivity contribution is -0.138. The smallest absolute Gasteiger partial charge is 0.448 e. The second-order valence-corrected chi connectivity index (χ2v) is 5.03. The van der Waals surface area contributed by atoms with E-state index < -0.39 is 15.0 Å². The van der Waals surface area contributed by atoms with Crippen LogP contribution in [0.25, 0.3) is 0 Å². The molecule has 0 aliphatic rings. The number of carbonyl (C=O) groups is 1. The van der Waals surface area contributed by atoms with Gasteiger partial charge in [-0.25, -0.2) is 4.79 Å². The summed E-state index contributed by atoms with van der Waals surface area (Å²) in [6.07, 6.45) is 0. The van der Waals surface area contributed by atoms with Crippen molar-refractivity contribution in [3.05, 3.63) is 12.2 Å². The summed E-state index contributed by atoms with van der Waals surface area (Å²) in [6.45, 7) is 6.88. The van der Waals surface area contributed by atoms with Gasteiger partial charge >= 0.3 is 15.0 Å². The molecule has 0 unspecified atom stereocenters. The molecule has 0 saturated carbocycles. The molecule has 96 valence electrons. The van der Waals surface area contributed by atoms with E-state index in [0.717, 1.165) is 0 Å². The molecule has 0 aliphatic carbocycles. The summed E-state index contributed by atoms with van der Waals surface area (Å²) >= 11 is 0. The Morgan fingerprint density at radius 3 is 1.75 bits per heavy atom. The Balaban J connectivity index is 0. The van der Waals surface area contributed by atoms with Crippen LogP contribution in [0.1, 0.15) is 13.8 Å². The van der Waals surface area contributed by atoms with E-state index >= 15 is 0 Å². The molecule has 0 fully saturated rings. The van der Waals surface area contributed by atoms with Crippen molar-refractivity contribution in [3.63, 3.8) is 0 Å². The van der Waals surface area contributed by atoms with Crippen LogP contribution in [0.3, 0.4) is 0 Å². The van der Waals surface area contributed by atoms with Gasteiger partial charge in [-0.1, -0.05) is 6.58 Å². The third kappa shape index (κ3) is 6.70. The fourth-order valence-corrected chi connectivity index (χ4v) is 1.73. The molecule has 1 N–H and O–H groups in total. The molecule has 16 heavy (non-hydrogen) atoms. The summed E-state index contributed by atoms with van der Waals surface area (Å²) in [7, 11) is 0.803. The summed E-state index contributed by atoms with van der Waals surface area (Å²) in [5.74, 6) is -0.586. The number of aliphatic hydroxyl groups excluding tert-OH is 1. The molecule has 0 amide bonds. The van der Waals surface area contributed by atoms with Gasteiger partial charge in [-0.3, -0.25) is 0 Å². The summed E-state index contributed by atoms with van der Waals surface area (Å²) in [6, 6.07) is 0. The van der Waals surface area contributed by atoms with Crippen LogP contribution >= 0.6 is 0 Å². The van der Waals surface area contributed by atoms with Gasteiger partial charge in [0.05, 0.1) is 0 Å². The Morgan fingerprint density at radius 2 is 1.56 bits per heavy atom. The molecule has 6 nitrogen and oxygen atoms in total. The van der Waals surface area contributed by atoms with Crippen molar-refractivity contribution in [2.75, 3.05) is 27.9 Å². The van der Waals surface area contributed by atoms with Crippen LogP contribution in [-0.2, 0) is 22.5 Å². The zero-order valence-electron chi connectivity index (χ0n) is 10.4. The molecule has 0 radical (unpaired) electrons. The molecule has 0 aromatic rings. The summed E-state index contributed by atoms with van der Waals surface area (Å²) in [5, 5.41) is 7.57. The fourth-order valence-electron chi connectivity index (χ4n) is 0.576. The van der Waals surface area contributed by atoms with Crippen LogP contribution in [0.2, 0.25) is 0 Å². The van der Waals surface area contributed by atoms with E-state index in [4.69, 9.17) is 22.8 Å². The molecular weight excluding hydrogens is 232 g/mol. The van der Waals surface area contributed by atoms with Crippen molar-refractivity contribution in [3.8, 4) is 0 Å². The Morgan fingerprint density at radius 1 is 1.25 bits per heavy atom. The highest BCUT2D eigenvalue weighted by atomic mass is 28.4. The first-order valence-corrected chi connectivity index (χ1v) is 6.21. The van der Waals surface area contributed by atoms with E-state index in [-0.39, 0.29) is 12.2 Å². The van der Waals surface area contributed by atoms with Gasteiger partial charge in [0.1, 0.15) is 0 Å². The topological polar surface area (TPSA) is 74.2 Å². The van der Waals surface area contributed by atoms with Gasteiger partial charge < -0.3 is 22.8 Å². The highest BCUT2D eigenvalue weighted by Gasteiger charge is 2.46. The summed E-state index contributed by atoms with van der Waals surface area (Å²) in [4.78, 5) is 11.1. The normalized spacial score (nSPS) is 10.1. The Bertz CT molecular complexity index is 206. The van der Waals surface area contributed by atoms with Crippen LogP contribution in [0, 0.1) is 0 Å². The predicted octanol–water partition coefficient (Wildman–Crippen LogP) is 0.479. The van der Waals surface area contributed by atoms with Crippen molar-refractivity contribution >= 4 is 15.0 Å². The molecule has 0 aromatic heterocycles. The average molecular weight is 252 g/mol. The van der Waals surface area contributed by atoms with Crippen molar-refractivity contribution in [2.24, 2.45) is 0 Å². The van der Waals surface area contributed by atoms with Gasteiger partial charge in [0.15, 0.2) is 0 Å². The SMILES string of the molecule is C=C(C)C(=O)O[Si](OC)(OC)OC.CCO. The maximum absolute atomic E-state index is 11.1. The van der Waals surface area contributed by atoms with Crippen LogP contribution in [0.15, 0.2) is 12.2 Å². The van der Waals surface area contributed by atoms with E-state index in [2.05, 4.69) is 6.58 Å². The molecule has 7 heteroatoms. The Hall–Kier alpha value is -0.733. The molecule has 0 aliphatic heterocycles. The van der Waals surface area contributed by atoms with Crippen molar-refractivity contribution in [1.82, 2.24) is 0 Å². The molecule has 0 rings (SSSR count). The first-order chi connectivity index (χ1) is 7.42. The number of carbonyl (C=O) groups excluding carboxylic acids is 1. The van der Waals surface area contributed by atoms with E-state index in [9.17, 15) is 4.79 Å². The predicted molar refractivity (Wildman–Crippen MR) is 60.4 cm³/mol. The highest BCUT2D eigenvalue weighted by molar-refractivity contribution is 6.55. The highest BCUT2D eigenvalue weighted by Crippen LogP contribution is 2.10. The van der Waals surface area contributed by atoms with Gasteiger partial charge in [-0.05, 0) is 13.8 Å². The van der Waals surface area contributed by atoms with E-state index in [1.54, 1.807) is 6.92 Å². The molecule has 0 heterocycles. The van der Waals surface area contributed by atoms with Crippen LogP contribution in [0.4, 0.5) is 0 Å². The average Bonchev–Trinajstić information content (AvgIpc) is 2.27. The molecule has 0 atom stereocenters. The fraction of sp³-hybridized carbons (Fsp3) is 0.667. The van der Waals surface area contributed by atoms with Crippen molar-refractivity contribution in [1.29, 1.82) is 0 Å². The lowest BCUT2D eigenvalue weighted by Gasteiger charge is -2.21. The third-order valence-electron chi connectivity index (χ3n) is 1.32. The Kier molecular flexibility index (Phi) is 10.5. The van der Waals surface area contributed by atoms with E-state index in [1.165, 1.54) is 28.3 Å². The van der Waals surface area contributed by atoms with Crippen molar-refractivity contribution < 1.29 is 27.6 Å². The lowest BCUT2D eigenvalue weighted by Crippen LogP contribution is -2.48. The van der Waals surface area contributed by atoms with Gasteiger partial charge in [0.2, 0.25) is 0 Å². The standard InChI is InChI=1S/C7H14O5Si.C2H6O/c1-6(2)7(8)12-13(9-3,10-4)11-5;1-2-3/h1H2,2-5H3;3H,2H2,1H3. The summed E-state index contributed by atoms with van der Waals surface area (Å²) in [5.41, 5.74) is 0.267. The number of aliphatic hydroxyl groups is 1. The minimum absolute atomic E-state index is 0.250. The van der Waals surface area contributed by atoms with Gasteiger partial charge in [-0.15, -0.1) is 0 Å².